The van der Waals surface area contributed by atoms with E-state index in [1.165, 1.54) is 0 Å². The highest BCUT2D eigenvalue weighted by atomic mass is 16.4. The van der Waals surface area contributed by atoms with Crippen molar-refractivity contribution in [2.45, 2.75) is 26.3 Å². The van der Waals surface area contributed by atoms with Crippen LogP contribution in [-0.2, 0) is 17.8 Å². The number of carbonyl (C=O) groups is 2. The number of aryl methyl sites for hydroxylation is 2. The van der Waals surface area contributed by atoms with Gasteiger partial charge in [-0.15, -0.1) is 0 Å². The first-order valence-electron chi connectivity index (χ1n) is 6.88. The summed E-state index contributed by atoms with van der Waals surface area (Å²) in [6, 6.07) is 10.9. The number of benzene rings is 1. The Morgan fingerprint density at radius 2 is 1.95 bits per heavy atom. The van der Waals surface area contributed by atoms with Gasteiger partial charge in [0.15, 0.2) is 0 Å². The number of amides is 1. The Morgan fingerprint density at radius 3 is 2.67 bits per heavy atom. The molecule has 0 saturated carbocycles. The van der Waals surface area contributed by atoms with E-state index in [1.54, 1.807) is 12.1 Å². The second-order valence-corrected chi connectivity index (χ2v) is 4.68. The van der Waals surface area contributed by atoms with Crippen LogP contribution in [0.1, 0.15) is 29.4 Å². The van der Waals surface area contributed by atoms with Crippen molar-refractivity contribution < 1.29 is 14.7 Å². The highest BCUT2D eigenvalue weighted by molar-refractivity contribution is 6.03. The summed E-state index contributed by atoms with van der Waals surface area (Å²) < 4.78 is 1.86. The Bertz CT molecular complexity index is 646. The Balaban J connectivity index is 2.15. The molecular weight excluding hydrogens is 268 g/mol. The van der Waals surface area contributed by atoms with E-state index < -0.39 is 5.97 Å². The third-order valence-electron chi connectivity index (χ3n) is 3.28. The lowest BCUT2D eigenvalue weighted by Gasteiger charge is -2.11. The zero-order valence-corrected chi connectivity index (χ0v) is 11.9. The molecular formula is C16H18N2O3. The van der Waals surface area contributed by atoms with Crippen LogP contribution in [-0.4, -0.2) is 21.6 Å². The average molecular weight is 286 g/mol. The van der Waals surface area contributed by atoms with E-state index in [-0.39, 0.29) is 12.3 Å². The number of aromatic nitrogens is 1. The largest absolute Gasteiger partial charge is 0.481 e. The SMILES string of the molecule is CCn1cccc1C(=O)Nc1ccccc1CCC(=O)O. The van der Waals surface area contributed by atoms with Gasteiger partial charge in [0.25, 0.3) is 5.91 Å². The van der Waals surface area contributed by atoms with Gasteiger partial charge < -0.3 is 15.0 Å². The van der Waals surface area contributed by atoms with Crippen molar-refractivity contribution in [3.8, 4) is 0 Å². The van der Waals surface area contributed by atoms with E-state index in [1.807, 2.05) is 42.0 Å². The smallest absolute Gasteiger partial charge is 0.303 e. The summed E-state index contributed by atoms with van der Waals surface area (Å²) in [5.41, 5.74) is 2.07. The monoisotopic (exact) mass is 286 g/mol. The number of carboxylic acid groups (broad SMARTS) is 1. The fourth-order valence-electron chi connectivity index (χ4n) is 2.18. The molecule has 5 nitrogen and oxygen atoms in total. The molecule has 0 spiro atoms. The molecule has 110 valence electrons. The van der Waals surface area contributed by atoms with Gasteiger partial charge in [0.05, 0.1) is 0 Å². The van der Waals surface area contributed by atoms with E-state index in [0.717, 1.165) is 12.1 Å². The van der Waals surface area contributed by atoms with Crippen molar-refractivity contribution in [3.63, 3.8) is 0 Å². The van der Waals surface area contributed by atoms with Crippen LogP contribution in [0, 0.1) is 0 Å². The summed E-state index contributed by atoms with van der Waals surface area (Å²) >= 11 is 0. The number of hydrogen-bond donors (Lipinski definition) is 2. The fourth-order valence-corrected chi connectivity index (χ4v) is 2.18. The molecule has 2 rings (SSSR count). The van der Waals surface area contributed by atoms with Crippen LogP contribution in [0.3, 0.4) is 0 Å². The Kier molecular flexibility index (Phi) is 4.77. The van der Waals surface area contributed by atoms with Gasteiger partial charge in [0.1, 0.15) is 5.69 Å². The third kappa shape index (κ3) is 3.72. The van der Waals surface area contributed by atoms with Crippen molar-refractivity contribution in [2.24, 2.45) is 0 Å². The molecule has 1 aromatic carbocycles. The van der Waals surface area contributed by atoms with Crippen LogP contribution in [0.5, 0.6) is 0 Å². The molecule has 0 aliphatic heterocycles. The van der Waals surface area contributed by atoms with Crippen LogP contribution in [0.15, 0.2) is 42.6 Å². The fraction of sp³-hybridized carbons (Fsp3) is 0.250. The van der Waals surface area contributed by atoms with E-state index in [2.05, 4.69) is 5.32 Å². The summed E-state index contributed by atoms with van der Waals surface area (Å²) in [6.07, 6.45) is 2.28. The lowest BCUT2D eigenvalue weighted by Crippen LogP contribution is -2.17. The first kappa shape index (κ1) is 14.8. The maximum atomic E-state index is 12.3. The summed E-state index contributed by atoms with van der Waals surface area (Å²) in [5.74, 6) is -1.04. The first-order valence-corrected chi connectivity index (χ1v) is 6.88. The predicted octanol–water partition coefficient (Wildman–Crippen LogP) is 2.78. The third-order valence-corrected chi connectivity index (χ3v) is 3.28. The lowest BCUT2D eigenvalue weighted by atomic mass is 10.1. The molecule has 1 aromatic heterocycles. The number of nitrogens with one attached hydrogen (secondary N) is 1. The molecule has 0 aliphatic carbocycles. The molecule has 2 N–H and O–H groups in total. The second kappa shape index (κ2) is 6.74. The number of para-hydroxylation sites is 1. The minimum atomic E-state index is -0.851. The van der Waals surface area contributed by atoms with Gasteiger partial charge in [-0.1, -0.05) is 18.2 Å². The Labute approximate surface area is 123 Å². The van der Waals surface area contributed by atoms with Gasteiger partial charge in [-0.2, -0.15) is 0 Å². The lowest BCUT2D eigenvalue weighted by molar-refractivity contribution is -0.136. The van der Waals surface area contributed by atoms with E-state index in [0.29, 0.717) is 17.8 Å². The normalized spacial score (nSPS) is 10.3. The molecule has 0 aliphatic rings. The Hall–Kier alpha value is -2.56. The second-order valence-electron chi connectivity index (χ2n) is 4.68. The van der Waals surface area contributed by atoms with Gasteiger partial charge in [-0.3, -0.25) is 9.59 Å². The Morgan fingerprint density at radius 1 is 1.19 bits per heavy atom. The number of hydrogen-bond acceptors (Lipinski definition) is 2. The average Bonchev–Trinajstić information content (AvgIpc) is 2.94. The molecule has 2 aromatic rings. The van der Waals surface area contributed by atoms with E-state index >= 15 is 0 Å². The van der Waals surface area contributed by atoms with Gasteiger partial charge in [0.2, 0.25) is 0 Å². The van der Waals surface area contributed by atoms with Crippen molar-refractivity contribution in [2.75, 3.05) is 5.32 Å². The minimum Gasteiger partial charge on any atom is -0.481 e. The van der Waals surface area contributed by atoms with E-state index in [9.17, 15) is 9.59 Å². The molecule has 0 saturated heterocycles. The van der Waals surface area contributed by atoms with Gasteiger partial charge in [0, 0.05) is 24.8 Å². The van der Waals surface area contributed by atoms with Crippen LogP contribution in [0.25, 0.3) is 0 Å². The molecule has 0 radical (unpaired) electrons. The molecule has 5 heteroatoms. The minimum absolute atomic E-state index is 0.0399. The molecule has 0 fully saturated rings. The van der Waals surface area contributed by atoms with Crippen LogP contribution < -0.4 is 5.32 Å². The standard InChI is InChI=1S/C16H18N2O3/c1-2-18-11-5-8-14(18)16(21)17-13-7-4-3-6-12(13)9-10-15(19)20/h3-8,11H,2,9-10H2,1H3,(H,17,21)(H,19,20). The first-order chi connectivity index (χ1) is 10.1. The summed E-state index contributed by atoms with van der Waals surface area (Å²) in [6.45, 7) is 2.69. The predicted molar refractivity (Wildman–Crippen MR) is 80.5 cm³/mol. The van der Waals surface area contributed by atoms with Crippen LogP contribution in [0.2, 0.25) is 0 Å². The molecule has 0 unspecified atom stereocenters. The number of aliphatic carboxylic acids is 1. The maximum absolute atomic E-state index is 12.3. The highest BCUT2D eigenvalue weighted by Gasteiger charge is 2.12. The van der Waals surface area contributed by atoms with Crippen LogP contribution >= 0.6 is 0 Å². The molecule has 0 atom stereocenters. The van der Waals surface area contributed by atoms with Crippen molar-refractivity contribution in [3.05, 3.63) is 53.9 Å². The number of nitrogens with zero attached hydrogens (tertiary/aromatic N) is 1. The van der Waals surface area contributed by atoms with Crippen molar-refractivity contribution >= 4 is 17.6 Å². The molecule has 0 bridgehead atoms. The quantitative estimate of drug-likeness (QED) is 0.857. The number of anilines is 1. The zero-order chi connectivity index (χ0) is 15.2. The van der Waals surface area contributed by atoms with Crippen molar-refractivity contribution in [1.29, 1.82) is 0 Å². The molecule has 1 heterocycles. The number of carboxylic acids is 1. The van der Waals surface area contributed by atoms with Gasteiger partial charge >= 0.3 is 5.97 Å². The zero-order valence-electron chi connectivity index (χ0n) is 11.9. The number of rotatable bonds is 6. The summed E-state index contributed by atoms with van der Waals surface area (Å²) in [4.78, 5) is 23.0. The van der Waals surface area contributed by atoms with Crippen LogP contribution in [0.4, 0.5) is 5.69 Å². The topological polar surface area (TPSA) is 71.3 Å². The van der Waals surface area contributed by atoms with Gasteiger partial charge in [-0.05, 0) is 37.1 Å². The van der Waals surface area contributed by atoms with E-state index in [4.69, 9.17) is 5.11 Å². The number of carbonyl (C=O) groups excluding carboxylic acids is 1. The summed E-state index contributed by atoms with van der Waals surface area (Å²) in [5, 5.41) is 11.6. The molecule has 1 amide bonds. The highest BCUT2D eigenvalue weighted by Crippen LogP contribution is 2.18. The van der Waals surface area contributed by atoms with Gasteiger partial charge in [-0.25, -0.2) is 0 Å². The maximum Gasteiger partial charge on any atom is 0.303 e. The summed E-state index contributed by atoms with van der Waals surface area (Å²) in [7, 11) is 0. The van der Waals surface area contributed by atoms with Crippen molar-refractivity contribution in [1.82, 2.24) is 4.57 Å². The molecule has 21 heavy (non-hydrogen) atoms.